The fraction of sp³-hybridized carbons (Fsp3) is 0.875. The number of halogens is 3. The van der Waals surface area contributed by atoms with Gasteiger partial charge in [-0.3, -0.25) is 4.79 Å². The van der Waals surface area contributed by atoms with Crippen LogP contribution in [0.1, 0.15) is 19.3 Å². The first kappa shape index (κ1) is 14.2. The van der Waals surface area contributed by atoms with Crippen molar-refractivity contribution in [2.75, 3.05) is 13.1 Å². The van der Waals surface area contributed by atoms with Crippen molar-refractivity contribution in [3.8, 4) is 0 Å². The number of hydrogen-bond acceptors (Lipinski definition) is 3. The van der Waals surface area contributed by atoms with E-state index in [2.05, 4.69) is 5.32 Å². The minimum absolute atomic E-state index is 0.226. The largest absolute Gasteiger partial charge is 0.415 e. The minimum Gasteiger partial charge on any atom is -0.382 e. The van der Waals surface area contributed by atoms with Crippen LogP contribution < -0.4 is 11.1 Å². The summed E-state index contributed by atoms with van der Waals surface area (Å²) in [5.41, 5.74) is 4.86. The van der Waals surface area contributed by atoms with Gasteiger partial charge in [0.1, 0.15) is 0 Å². The summed E-state index contributed by atoms with van der Waals surface area (Å²) >= 11 is 0. The predicted octanol–water partition coefficient (Wildman–Crippen LogP) is 0.155. The lowest BCUT2D eigenvalue weighted by atomic mass is 10.2. The SMILES string of the molecule is NC(=O)CCCCNCC(O)C(F)(F)F. The highest BCUT2D eigenvalue weighted by molar-refractivity contribution is 5.73. The van der Waals surface area contributed by atoms with Gasteiger partial charge in [0.15, 0.2) is 6.10 Å². The number of primary amides is 1. The van der Waals surface area contributed by atoms with Crippen LogP contribution >= 0.6 is 0 Å². The Morgan fingerprint density at radius 2 is 2.00 bits per heavy atom. The molecular formula is C8H15F3N2O2. The molecule has 0 aliphatic rings. The summed E-state index contributed by atoms with van der Waals surface area (Å²) in [4.78, 5) is 10.3. The van der Waals surface area contributed by atoms with Gasteiger partial charge in [0.05, 0.1) is 0 Å². The molecule has 7 heteroatoms. The van der Waals surface area contributed by atoms with Crippen molar-refractivity contribution >= 4 is 5.91 Å². The number of carbonyl (C=O) groups is 1. The number of rotatable bonds is 7. The Hall–Kier alpha value is -0.820. The van der Waals surface area contributed by atoms with Gasteiger partial charge in [0, 0.05) is 13.0 Å². The van der Waals surface area contributed by atoms with Crippen LogP contribution in [0.2, 0.25) is 0 Å². The second kappa shape index (κ2) is 6.62. The highest BCUT2D eigenvalue weighted by Gasteiger charge is 2.37. The lowest BCUT2D eigenvalue weighted by molar-refractivity contribution is -0.201. The number of carbonyl (C=O) groups excluding carboxylic acids is 1. The van der Waals surface area contributed by atoms with Crippen LogP contribution in [0.15, 0.2) is 0 Å². The molecule has 90 valence electrons. The number of aliphatic hydroxyl groups is 1. The van der Waals surface area contributed by atoms with Crippen molar-refractivity contribution in [2.24, 2.45) is 5.73 Å². The molecule has 15 heavy (non-hydrogen) atoms. The van der Waals surface area contributed by atoms with Gasteiger partial charge in [0.25, 0.3) is 0 Å². The molecule has 0 aliphatic heterocycles. The highest BCUT2D eigenvalue weighted by Crippen LogP contribution is 2.19. The van der Waals surface area contributed by atoms with Gasteiger partial charge in [-0.15, -0.1) is 0 Å². The maximum absolute atomic E-state index is 11.8. The zero-order valence-corrected chi connectivity index (χ0v) is 8.18. The molecule has 0 aliphatic carbocycles. The predicted molar refractivity (Wildman–Crippen MR) is 48.0 cm³/mol. The van der Waals surface area contributed by atoms with E-state index in [1.807, 2.05) is 0 Å². The fourth-order valence-corrected chi connectivity index (χ4v) is 0.904. The molecule has 0 heterocycles. The molecule has 0 aromatic rings. The average molecular weight is 228 g/mol. The summed E-state index contributed by atoms with van der Waals surface area (Å²) in [6.07, 6.45) is -5.62. The van der Waals surface area contributed by atoms with E-state index in [9.17, 15) is 18.0 Å². The Bertz CT molecular complexity index is 197. The lowest BCUT2D eigenvalue weighted by Gasteiger charge is -2.14. The maximum Gasteiger partial charge on any atom is 0.415 e. The number of nitrogens with two attached hydrogens (primary N) is 1. The van der Waals surface area contributed by atoms with Crippen LogP contribution in [-0.4, -0.2) is 36.4 Å². The molecular weight excluding hydrogens is 213 g/mol. The first-order chi connectivity index (χ1) is 6.84. The second-order valence-corrected chi connectivity index (χ2v) is 3.18. The first-order valence-electron chi connectivity index (χ1n) is 4.58. The van der Waals surface area contributed by atoms with E-state index in [1.54, 1.807) is 0 Å². The third kappa shape index (κ3) is 8.19. The quantitative estimate of drug-likeness (QED) is 0.543. The Kier molecular flexibility index (Phi) is 6.26. The van der Waals surface area contributed by atoms with Crippen LogP contribution in [-0.2, 0) is 4.79 Å². The van der Waals surface area contributed by atoms with Gasteiger partial charge < -0.3 is 16.2 Å². The van der Waals surface area contributed by atoms with Crippen molar-refractivity contribution in [2.45, 2.75) is 31.5 Å². The molecule has 0 bridgehead atoms. The normalized spacial score (nSPS) is 13.9. The van der Waals surface area contributed by atoms with Crippen LogP contribution in [0.5, 0.6) is 0 Å². The highest BCUT2D eigenvalue weighted by atomic mass is 19.4. The van der Waals surface area contributed by atoms with Crippen LogP contribution in [0, 0.1) is 0 Å². The molecule has 1 atom stereocenters. The fourth-order valence-electron chi connectivity index (χ4n) is 0.904. The van der Waals surface area contributed by atoms with Crippen molar-refractivity contribution in [3.63, 3.8) is 0 Å². The monoisotopic (exact) mass is 228 g/mol. The molecule has 0 aromatic heterocycles. The van der Waals surface area contributed by atoms with E-state index in [0.717, 1.165) is 0 Å². The molecule has 0 radical (unpaired) electrons. The van der Waals surface area contributed by atoms with Gasteiger partial charge in [-0.2, -0.15) is 13.2 Å². The lowest BCUT2D eigenvalue weighted by Crippen LogP contribution is -2.38. The van der Waals surface area contributed by atoms with Gasteiger partial charge in [-0.1, -0.05) is 0 Å². The van der Waals surface area contributed by atoms with E-state index < -0.39 is 24.7 Å². The summed E-state index contributed by atoms with van der Waals surface area (Å²) < 4.78 is 35.3. The van der Waals surface area contributed by atoms with Crippen molar-refractivity contribution in [3.05, 3.63) is 0 Å². The molecule has 4 N–H and O–H groups in total. The van der Waals surface area contributed by atoms with E-state index in [4.69, 9.17) is 10.8 Å². The molecule has 4 nitrogen and oxygen atoms in total. The van der Waals surface area contributed by atoms with E-state index in [-0.39, 0.29) is 6.42 Å². The van der Waals surface area contributed by atoms with Gasteiger partial charge in [-0.05, 0) is 19.4 Å². The minimum atomic E-state index is -4.58. The van der Waals surface area contributed by atoms with Crippen LogP contribution in [0.3, 0.4) is 0 Å². The van der Waals surface area contributed by atoms with Gasteiger partial charge >= 0.3 is 6.18 Å². The Labute approximate surface area is 85.6 Å². The molecule has 1 amide bonds. The standard InChI is InChI=1S/C8H15F3N2O2/c9-8(10,11)6(14)5-13-4-2-1-3-7(12)15/h6,13-14H,1-5H2,(H2,12,15). The summed E-state index contributed by atoms with van der Waals surface area (Å²) in [5.74, 6) is -0.426. The van der Waals surface area contributed by atoms with Crippen molar-refractivity contribution < 1.29 is 23.1 Å². The Balaban J connectivity index is 3.35. The Morgan fingerprint density at radius 3 is 2.47 bits per heavy atom. The van der Waals surface area contributed by atoms with E-state index in [0.29, 0.717) is 19.4 Å². The summed E-state index contributed by atoms with van der Waals surface area (Å²) in [6.45, 7) is -0.208. The number of alkyl halides is 3. The molecule has 0 aromatic carbocycles. The summed E-state index contributed by atoms with van der Waals surface area (Å²) in [5, 5.41) is 11.0. The zero-order chi connectivity index (χ0) is 11.9. The smallest absolute Gasteiger partial charge is 0.382 e. The van der Waals surface area contributed by atoms with Gasteiger partial charge in [-0.25, -0.2) is 0 Å². The average Bonchev–Trinajstić information content (AvgIpc) is 2.08. The third-order valence-electron chi connectivity index (χ3n) is 1.74. The molecule has 0 saturated heterocycles. The number of nitrogens with one attached hydrogen (secondary N) is 1. The van der Waals surface area contributed by atoms with E-state index in [1.165, 1.54) is 0 Å². The van der Waals surface area contributed by atoms with Crippen LogP contribution in [0.25, 0.3) is 0 Å². The van der Waals surface area contributed by atoms with Gasteiger partial charge in [0.2, 0.25) is 5.91 Å². The third-order valence-corrected chi connectivity index (χ3v) is 1.74. The number of amides is 1. The number of unbranched alkanes of at least 4 members (excludes halogenated alkanes) is 1. The number of hydrogen-bond donors (Lipinski definition) is 3. The maximum atomic E-state index is 11.8. The Morgan fingerprint density at radius 1 is 1.40 bits per heavy atom. The number of aliphatic hydroxyl groups excluding tert-OH is 1. The molecule has 0 saturated carbocycles. The van der Waals surface area contributed by atoms with Crippen molar-refractivity contribution in [1.82, 2.24) is 5.32 Å². The summed E-state index contributed by atoms with van der Waals surface area (Å²) in [6, 6.07) is 0. The topological polar surface area (TPSA) is 75.4 Å². The zero-order valence-electron chi connectivity index (χ0n) is 8.18. The molecule has 0 fully saturated rings. The molecule has 1 unspecified atom stereocenters. The first-order valence-corrected chi connectivity index (χ1v) is 4.58. The molecule has 0 rings (SSSR count). The van der Waals surface area contributed by atoms with Crippen molar-refractivity contribution in [1.29, 1.82) is 0 Å². The van der Waals surface area contributed by atoms with Crippen LogP contribution in [0.4, 0.5) is 13.2 Å². The second-order valence-electron chi connectivity index (χ2n) is 3.18. The van der Waals surface area contributed by atoms with E-state index >= 15 is 0 Å². The summed E-state index contributed by atoms with van der Waals surface area (Å²) in [7, 11) is 0. The molecule has 0 spiro atoms.